The Morgan fingerprint density at radius 1 is 1.24 bits per heavy atom. The molecule has 0 saturated carbocycles. The van der Waals surface area contributed by atoms with Crippen LogP contribution in [0.4, 0.5) is 0 Å². The largest absolute Gasteiger partial charge is 0.486 e. The predicted octanol–water partition coefficient (Wildman–Crippen LogP) is 2.29. The first-order valence-corrected chi connectivity index (χ1v) is 7.34. The smallest absolute Gasteiger partial charge is 0.161 e. The molecule has 0 bridgehead atoms. The van der Waals surface area contributed by atoms with Crippen LogP contribution in [0.2, 0.25) is 0 Å². The SMILES string of the molecule is CCn1nc(C)cc1C(NC)c1ccc2c(c1)OCCO2. The number of aryl methyl sites for hydroxylation is 2. The van der Waals surface area contributed by atoms with Crippen LogP contribution < -0.4 is 14.8 Å². The van der Waals surface area contributed by atoms with Crippen molar-refractivity contribution in [2.75, 3.05) is 20.3 Å². The summed E-state index contributed by atoms with van der Waals surface area (Å²) in [6.45, 7) is 6.20. The molecule has 0 amide bonds. The maximum Gasteiger partial charge on any atom is 0.161 e. The molecular weight excluding hydrogens is 266 g/mol. The Morgan fingerprint density at radius 2 is 2.00 bits per heavy atom. The van der Waals surface area contributed by atoms with E-state index in [0.29, 0.717) is 13.2 Å². The molecular formula is C16H21N3O2. The minimum Gasteiger partial charge on any atom is -0.486 e. The van der Waals surface area contributed by atoms with Crippen molar-refractivity contribution in [3.05, 3.63) is 41.2 Å². The molecule has 0 radical (unpaired) electrons. The van der Waals surface area contributed by atoms with Gasteiger partial charge in [-0.25, -0.2) is 0 Å². The van der Waals surface area contributed by atoms with E-state index in [1.54, 1.807) is 0 Å². The lowest BCUT2D eigenvalue weighted by Gasteiger charge is -2.22. The van der Waals surface area contributed by atoms with Gasteiger partial charge in [0.2, 0.25) is 0 Å². The minimum absolute atomic E-state index is 0.0852. The molecule has 112 valence electrons. The number of nitrogens with one attached hydrogen (secondary N) is 1. The quantitative estimate of drug-likeness (QED) is 0.937. The third-order valence-electron chi connectivity index (χ3n) is 3.72. The number of ether oxygens (including phenoxy) is 2. The number of nitrogens with zero attached hydrogens (tertiary/aromatic N) is 2. The molecule has 2 aromatic rings. The monoisotopic (exact) mass is 287 g/mol. The summed E-state index contributed by atoms with van der Waals surface area (Å²) >= 11 is 0. The van der Waals surface area contributed by atoms with Crippen LogP contribution in [0.25, 0.3) is 0 Å². The second-order valence-corrected chi connectivity index (χ2v) is 5.15. The first-order chi connectivity index (χ1) is 10.2. The Bertz CT molecular complexity index is 636. The van der Waals surface area contributed by atoms with Crippen molar-refractivity contribution in [3.8, 4) is 11.5 Å². The lowest BCUT2D eigenvalue weighted by molar-refractivity contribution is 0.171. The van der Waals surface area contributed by atoms with Crippen molar-refractivity contribution >= 4 is 0 Å². The zero-order valence-corrected chi connectivity index (χ0v) is 12.7. The highest BCUT2D eigenvalue weighted by Gasteiger charge is 2.20. The molecule has 1 aromatic carbocycles. The van der Waals surface area contributed by atoms with Gasteiger partial charge in [-0.15, -0.1) is 0 Å². The summed E-state index contributed by atoms with van der Waals surface area (Å²) in [5.41, 5.74) is 3.34. The van der Waals surface area contributed by atoms with E-state index < -0.39 is 0 Å². The highest BCUT2D eigenvalue weighted by molar-refractivity contribution is 5.46. The Kier molecular flexibility index (Phi) is 3.84. The van der Waals surface area contributed by atoms with E-state index in [9.17, 15) is 0 Å². The van der Waals surface area contributed by atoms with E-state index in [1.165, 1.54) is 0 Å². The average Bonchev–Trinajstić information content (AvgIpc) is 2.89. The van der Waals surface area contributed by atoms with Crippen molar-refractivity contribution in [1.82, 2.24) is 15.1 Å². The molecule has 0 saturated heterocycles. The van der Waals surface area contributed by atoms with Gasteiger partial charge in [0, 0.05) is 6.54 Å². The summed E-state index contributed by atoms with van der Waals surface area (Å²) in [5, 5.41) is 7.90. The van der Waals surface area contributed by atoms with Crippen molar-refractivity contribution in [2.24, 2.45) is 0 Å². The van der Waals surface area contributed by atoms with Gasteiger partial charge in [0.1, 0.15) is 13.2 Å². The van der Waals surface area contributed by atoms with E-state index in [-0.39, 0.29) is 6.04 Å². The van der Waals surface area contributed by atoms with Gasteiger partial charge in [0.25, 0.3) is 0 Å². The Balaban J connectivity index is 1.99. The van der Waals surface area contributed by atoms with Crippen LogP contribution >= 0.6 is 0 Å². The summed E-state index contributed by atoms with van der Waals surface area (Å²) in [4.78, 5) is 0. The number of hydrogen-bond donors (Lipinski definition) is 1. The summed E-state index contributed by atoms with van der Waals surface area (Å²) < 4.78 is 13.3. The molecule has 1 unspecified atom stereocenters. The Morgan fingerprint density at radius 3 is 2.71 bits per heavy atom. The fourth-order valence-corrected chi connectivity index (χ4v) is 2.78. The van der Waals surface area contributed by atoms with Crippen LogP contribution in [-0.4, -0.2) is 30.0 Å². The number of benzene rings is 1. The molecule has 3 rings (SSSR count). The van der Waals surface area contributed by atoms with E-state index in [0.717, 1.165) is 35.0 Å². The van der Waals surface area contributed by atoms with Gasteiger partial charge in [-0.3, -0.25) is 4.68 Å². The number of rotatable bonds is 4. The topological polar surface area (TPSA) is 48.3 Å². The molecule has 21 heavy (non-hydrogen) atoms. The second kappa shape index (κ2) is 5.77. The van der Waals surface area contributed by atoms with Crippen LogP contribution in [0.1, 0.15) is 29.9 Å². The molecule has 5 heteroatoms. The zero-order chi connectivity index (χ0) is 14.8. The molecule has 1 aromatic heterocycles. The molecule has 2 heterocycles. The third-order valence-corrected chi connectivity index (χ3v) is 3.72. The molecule has 1 aliphatic heterocycles. The molecule has 0 fully saturated rings. The maximum absolute atomic E-state index is 5.68. The maximum atomic E-state index is 5.68. The van der Waals surface area contributed by atoms with Crippen LogP contribution in [-0.2, 0) is 6.54 Å². The summed E-state index contributed by atoms with van der Waals surface area (Å²) in [6, 6.07) is 8.33. The predicted molar refractivity (Wildman–Crippen MR) is 81.0 cm³/mol. The van der Waals surface area contributed by atoms with Gasteiger partial charge in [0.15, 0.2) is 11.5 Å². The molecule has 1 N–H and O–H groups in total. The highest BCUT2D eigenvalue weighted by atomic mass is 16.6. The summed E-state index contributed by atoms with van der Waals surface area (Å²) in [5.74, 6) is 1.64. The van der Waals surface area contributed by atoms with Crippen LogP contribution in [0.3, 0.4) is 0 Å². The van der Waals surface area contributed by atoms with Gasteiger partial charge in [-0.05, 0) is 44.7 Å². The lowest BCUT2D eigenvalue weighted by atomic mass is 10.0. The van der Waals surface area contributed by atoms with E-state index in [4.69, 9.17) is 9.47 Å². The van der Waals surface area contributed by atoms with Crippen LogP contribution in [0.15, 0.2) is 24.3 Å². The number of fused-ring (bicyclic) bond motifs is 1. The van der Waals surface area contributed by atoms with Gasteiger partial charge in [-0.2, -0.15) is 5.10 Å². The van der Waals surface area contributed by atoms with Crippen molar-refractivity contribution in [2.45, 2.75) is 26.4 Å². The lowest BCUT2D eigenvalue weighted by Crippen LogP contribution is -2.22. The van der Waals surface area contributed by atoms with Gasteiger partial charge in [-0.1, -0.05) is 6.07 Å². The average molecular weight is 287 g/mol. The first-order valence-electron chi connectivity index (χ1n) is 7.34. The molecule has 5 nitrogen and oxygen atoms in total. The molecule has 1 aliphatic rings. The van der Waals surface area contributed by atoms with Crippen molar-refractivity contribution < 1.29 is 9.47 Å². The van der Waals surface area contributed by atoms with Gasteiger partial charge >= 0.3 is 0 Å². The molecule has 1 atom stereocenters. The Hall–Kier alpha value is -2.01. The Labute approximate surface area is 124 Å². The van der Waals surface area contributed by atoms with E-state index in [1.807, 2.05) is 24.7 Å². The highest BCUT2D eigenvalue weighted by Crippen LogP contribution is 2.34. The summed E-state index contributed by atoms with van der Waals surface area (Å²) in [7, 11) is 1.96. The first kappa shape index (κ1) is 13.9. The normalized spacial score (nSPS) is 15.0. The number of hydrogen-bond acceptors (Lipinski definition) is 4. The third kappa shape index (κ3) is 2.61. The van der Waals surface area contributed by atoms with Crippen molar-refractivity contribution in [1.29, 1.82) is 0 Å². The fourth-order valence-electron chi connectivity index (χ4n) is 2.78. The standard InChI is InChI=1S/C16H21N3O2/c1-4-19-13(9-11(2)18-19)16(17-3)12-5-6-14-15(10-12)21-8-7-20-14/h5-6,9-10,16-17H,4,7-8H2,1-3H3. The van der Waals surface area contributed by atoms with Gasteiger partial charge in [0.05, 0.1) is 17.4 Å². The van der Waals surface area contributed by atoms with Crippen LogP contribution in [0, 0.1) is 6.92 Å². The summed E-state index contributed by atoms with van der Waals surface area (Å²) in [6.07, 6.45) is 0. The molecule has 0 aliphatic carbocycles. The second-order valence-electron chi connectivity index (χ2n) is 5.15. The minimum atomic E-state index is 0.0852. The molecule has 0 spiro atoms. The number of aromatic nitrogens is 2. The van der Waals surface area contributed by atoms with Gasteiger partial charge < -0.3 is 14.8 Å². The van der Waals surface area contributed by atoms with E-state index in [2.05, 4.69) is 35.5 Å². The van der Waals surface area contributed by atoms with E-state index >= 15 is 0 Å². The van der Waals surface area contributed by atoms with Crippen LogP contribution in [0.5, 0.6) is 11.5 Å². The van der Waals surface area contributed by atoms with Crippen molar-refractivity contribution in [3.63, 3.8) is 0 Å². The zero-order valence-electron chi connectivity index (χ0n) is 12.7. The fraction of sp³-hybridized carbons (Fsp3) is 0.438.